The van der Waals surface area contributed by atoms with Gasteiger partial charge in [0, 0.05) is 5.69 Å². The largest absolute Gasteiger partial charge is 0.462 e. The smallest absolute Gasteiger partial charge is 0.338 e. The number of benzene rings is 1. The summed E-state index contributed by atoms with van der Waals surface area (Å²) in [6.45, 7) is 1.50. The van der Waals surface area contributed by atoms with Crippen molar-refractivity contribution in [3.8, 4) is 0 Å². The molecule has 0 aromatic heterocycles. The number of nitrogens with one attached hydrogen (secondary N) is 1. The van der Waals surface area contributed by atoms with E-state index in [4.69, 9.17) is 14.6 Å². The number of hydrogen-bond acceptors (Lipinski definition) is 8. The van der Waals surface area contributed by atoms with Gasteiger partial charge in [-0.1, -0.05) is 0 Å². The third-order valence-electron chi connectivity index (χ3n) is 3.60. The van der Waals surface area contributed by atoms with Crippen molar-refractivity contribution in [2.24, 2.45) is 0 Å². The maximum atomic E-state index is 11.6. The fourth-order valence-electron chi connectivity index (χ4n) is 2.30. The first-order chi connectivity index (χ1) is 11.0. The van der Waals surface area contributed by atoms with Crippen molar-refractivity contribution in [3.05, 3.63) is 29.8 Å². The zero-order chi connectivity index (χ0) is 17.0. The molecule has 0 spiro atoms. The number of rotatable bonds is 5. The number of esters is 1. The lowest BCUT2D eigenvalue weighted by Crippen LogP contribution is -2.60. The van der Waals surface area contributed by atoms with Gasteiger partial charge in [0.1, 0.15) is 24.4 Å². The van der Waals surface area contributed by atoms with Gasteiger partial charge in [0.05, 0.1) is 18.8 Å². The van der Waals surface area contributed by atoms with E-state index in [0.717, 1.165) is 0 Å². The van der Waals surface area contributed by atoms with Crippen molar-refractivity contribution in [3.63, 3.8) is 0 Å². The molecule has 0 amide bonds. The van der Waals surface area contributed by atoms with E-state index >= 15 is 0 Å². The summed E-state index contributed by atoms with van der Waals surface area (Å²) < 4.78 is 10.2. The number of carbonyl (C=O) groups is 1. The first-order valence-corrected chi connectivity index (χ1v) is 7.32. The van der Waals surface area contributed by atoms with E-state index in [1.54, 1.807) is 31.2 Å². The van der Waals surface area contributed by atoms with Gasteiger partial charge < -0.3 is 35.2 Å². The Labute approximate surface area is 133 Å². The van der Waals surface area contributed by atoms with E-state index in [1.165, 1.54) is 0 Å². The molecule has 0 saturated carbocycles. The molecular weight excluding hydrogens is 306 g/mol. The summed E-state index contributed by atoms with van der Waals surface area (Å²) in [7, 11) is 0. The fourth-order valence-corrected chi connectivity index (χ4v) is 2.30. The van der Waals surface area contributed by atoms with Crippen LogP contribution in [0.1, 0.15) is 17.3 Å². The molecule has 0 bridgehead atoms. The van der Waals surface area contributed by atoms with E-state index in [2.05, 4.69) is 5.32 Å². The first-order valence-electron chi connectivity index (χ1n) is 7.32. The second-order valence-electron chi connectivity index (χ2n) is 5.19. The second kappa shape index (κ2) is 7.71. The highest BCUT2D eigenvalue weighted by Gasteiger charge is 2.43. The van der Waals surface area contributed by atoms with Crippen LogP contribution >= 0.6 is 0 Å². The quantitative estimate of drug-likeness (QED) is 0.439. The first kappa shape index (κ1) is 17.6. The molecular formula is C15H21NO7. The van der Waals surface area contributed by atoms with Gasteiger partial charge in [-0.25, -0.2) is 4.79 Å². The molecule has 1 heterocycles. The van der Waals surface area contributed by atoms with Gasteiger partial charge in [0.25, 0.3) is 0 Å². The average Bonchev–Trinajstić information content (AvgIpc) is 2.56. The zero-order valence-electron chi connectivity index (χ0n) is 12.6. The number of carbonyl (C=O) groups excluding carboxylic acids is 1. The molecule has 8 heteroatoms. The molecule has 5 N–H and O–H groups in total. The van der Waals surface area contributed by atoms with Crippen LogP contribution in [0.4, 0.5) is 5.69 Å². The predicted molar refractivity (Wildman–Crippen MR) is 79.8 cm³/mol. The molecule has 0 radical (unpaired) electrons. The summed E-state index contributed by atoms with van der Waals surface area (Å²) >= 11 is 0. The molecule has 1 aromatic carbocycles. The Kier molecular flexibility index (Phi) is 5.91. The fraction of sp³-hybridized carbons (Fsp3) is 0.533. The van der Waals surface area contributed by atoms with Crippen molar-refractivity contribution in [2.75, 3.05) is 18.5 Å². The van der Waals surface area contributed by atoms with Crippen molar-refractivity contribution in [2.45, 2.75) is 37.6 Å². The summed E-state index contributed by atoms with van der Waals surface area (Å²) in [4.78, 5) is 11.6. The van der Waals surface area contributed by atoms with Gasteiger partial charge in [-0.3, -0.25) is 0 Å². The molecule has 128 valence electrons. The van der Waals surface area contributed by atoms with Gasteiger partial charge in [-0.15, -0.1) is 0 Å². The third kappa shape index (κ3) is 3.98. The van der Waals surface area contributed by atoms with Crippen LogP contribution in [0.3, 0.4) is 0 Å². The molecule has 5 atom stereocenters. The van der Waals surface area contributed by atoms with Gasteiger partial charge in [0.15, 0.2) is 6.23 Å². The molecule has 1 saturated heterocycles. The zero-order valence-corrected chi connectivity index (χ0v) is 12.6. The predicted octanol–water partition coefficient (Wildman–Crippen LogP) is -0.925. The van der Waals surface area contributed by atoms with Crippen molar-refractivity contribution >= 4 is 11.7 Å². The number of aliphatic hydroxyl groups excluding tert-OH is 4. The molecule has 23 heavy (non-hydrogen) atoms. The standard InChI is InChI=1S/C15H21NO7/c1-2-22-15(21)8-3-5-9(6-4-8)16-14-13(20)12(19)11(18)10(7-17)23-14/h3-6,10-14,16-20H,2,7H2,1H3/t10-,11+,12-,13-,14+/m0/s1. The van der Waals surface area contributed by atoms with Crippen LogP contribution in [0.25, 0.3) is 0 Å². The maximum Gasteiger partial charge on any atom is 0.338 e. The Morgan fingerprint density at radius 3 is 2.39 bits per heavy atom. The molecule has 1 aliphatic rings. The van der Waals surface area contributed by atoms with Crippen molar-refractivity contribution in [1.82, 2.24) is 0 Å². The SMILES string of the molecule is CCOC(=O)c1ccc(N[C@@H]2O[C@@H](CO)[C@@H](O)[C@H](O)[C@@H]2O)cc1. The Morgan fingerprint density at radius 1 is 1.17 bits per heavy atom. The normalized spacial score (nSPS) is 30.7. The minimum atomic E-state index is -1.45. The Hall–Kier alpha value is -1.71. The number of hydrogen-bond donors (Lipinski definition) is 5. The van der Waals surface area contributed by atoms with E-state index in [1.807, 2.05) is 0 Å². The number of aliphatic hydroxyl groups is 4. The lowest BCUT2D eigenvalue weighted by Gasteiger charge is -2.40. The lowest BCUT2D eigenvalue weighted by atomic mass is 9.98. The van der Waals surface area contributed by atoms with Crippen LogP contribution in [0.5, 0.6) is 0 Å². The lowest BCUT2D eigenvalue weighted by molar-refractivity contribution is -0.221. The summed E-state index contributed by atoms with van der Waals surface area (Å²) in [6, 6.07) is 6.27. The van der Waals surface area contributed by atoms with Gasteiger partial charge in [-0.05, 0) is 31.2 Å². The Bertz CT molecular complexity index is 519. The molecule has 1 aromatic rings. The van der Waals surface area contributed by atoms with E-state index < -0.39 is 43.2 Å². The van der Waals surface area contributed by atoms with Crippen molar-refractivity contribution in [1.29, 1.82) is 0 Å². The summed E-state index contributed by atoms with van der Waals surface area (Å²) in [5.74, 6) is -0.438. The average molecular weight is 327 g/mol. The molecule has 0 aliphatic carbocycles. The second-order valence-corrected chi connectivity index (χ2v) is 5.19. The van der Waals surface area contributed by atoms with Crippen LogP contribution in [0.15, 0.2) is 24.3 Å². The van der Waals surface area contributed by atoms with Crippen molar-refractivity contribution < 1.29 is 34.7 Å². The monoisotopic (exact) mass is 327 g/mol. The molecule has 1 aliphatic heterocycles. The Morgan fingerprint density at radius 2 is 1.83 bits per heavy atom. The van der Waals surface area contributed by atoms with Gasteiger partial charge in [0.2, 0.25) is 0 Å². The van der Waals surface area contributed by atoms with Gasteiger partial charge >= 0.3 is 5.97 Å². The summed E-state index contributed by atoms with van der Waals surface area (Å²) in [5.41, 5.74) is 0.911. The van der Waals surface area contributed by atoms with Gasteiger partial charge in [-0.2, -0.15) is 0 Å². The minimum Gasteiger partial charge on any atom is -0.462 e. The number of ether oxygens (including phenoxy) is 2. The number of anilines is 1. The molecule has 8 nitrogen and oxygen atoms in total. The summed E-state index contributed by atoms with van der Waals surface area (Å²) in [5, 5.41) is 41.4. The van der Waals surface area contributed by atoms with Crippen LogP contribution in [0.2, 0.25) is 0 Å². The third-order valence-corrected chi connectivity index (χ3v) is 3.60. The highest BCUT2D eigenvalue weighted by Crippen LogP contribution is 2.23. The van der Waals surface area contributed by atoms with E-state index in [-0.39, 0.29) is 6.61 Å². The maximum absolute atomic E-state index is 11.6. The Balaban J connectivity index is 2.04. The van der Waals surface area contributed by atoms with Crippen LogP contribution in [0, 0.1) is 0 Å². The topological polar surface area (TPSA) is 128 Å². The van der Waals surface area contributed by atoms with Crippen LogP contribution < -0.4 is 5.32 Å². The van der Waals surface area contributed by atoms with E-state index in [9.17, 15) is 20.1 Å². The highest BCUT2D eigenvalue weighted by atomic mass is 16.6. The van der Waals surface area contributed by atoms with Crippen LogP contribution in [-0.2, 0) is 9.47 Å². The molecule has 1 fully saturated rings. The molecule has 2 rings (SSSR count). The minimum absolute atomic E-state index is 0.281. The molecule has 0 unspecified atom stereocenters. The summed E-state index contributed by atoms with van der Waals surface area (Å²) in [6.07, 6.45) is -6.22. The highest BCUT2D eigenvalue weighted by molar-refractivity contribution is 5.89. The van der Waals surface area contributed by atoms with Crippen LogP contribution in [-0.4, -0.2) is 70.3 Å². The van der Waals surface area contributed by atoms with E-state index in [0.29, 0.717) is 11.3 Å².